The zero-order valence-corrected chi connectivity index (χ0v) is 46.7. The average Bonchev–Trinajstić information content (AvgIpc) is 2.33. The second kappa shape index (κ2) is 18.0. The van der Waals surface area contributed by atoms with Crippen molar-refractivity contribution in [3.8, 4) is 33.6 Å². The molecule has 0 saturated carbocycles. The van der Waals surface area contributed by atoms with Crippen molar-refractivity contribution in [3.63, 3.8) is 0 Å². The molecule has 4 aromatic heterocycles. The van der Waals surface area contributed by atoms with Crippen LogP contribution in [0.15, 0.2) is 306 Å². The first-order valence-corrected chi connectivity index (χ1v) is 31.3. The monoisotopic (exact) mass is 1090 g/mol. The fourth-order valence-electron chi connectivity index (χ4n) is 15.1. The Bertz CT molecular complexity index is 5480. The molecule has 1 aliphatic rings. The van der Waals surface area contributed by atoms with Crippen molar-refractivity contribution in [1.29, 1.82) is 0 Å². The normalized spacial score (nSPS) is 13.5. The molecule has 394 valence electrons. The van der Waals surface area contributed by atoms with Crippen LogP contribution >= 0.6 is 0 Å². The number of furan rings is 2. The van der Waals surface area contributed by atoms with Gasteiger partial charge in [0, 0.05) is 0 Å². The molecule has 0 amide bonds. The van der Waals surface area contributed by atoms with Crippen LogP contribution in [0, 0.1) is 0 Å². The third kappa shape index (κ3) is 6.54. The van der Waals surface area contributed by atoms with Gasteiger partial charge < -0.3 is 0 Å². The Hall–Kier alpha value is -10.9. The molecule has 0 saturated heterocycles. The minimum absolute atomic E-state index is 0.889. The molecule has 0 unspecified atom stereocenters. The Kier molecular flexibility index (Phi) is 10.0. The third-order valence-corrected chi connectivity index (χ3v) is 23.9. The molecule has 0 aliphatic carbocycles. The molecule has 0 atom stereocenters. The summed E-state index contributed by atoms with van der Waals surface area (Å²) in [5.41, 5.74) is 18.5. The van der Waals surface area contributed by atoms with Crippen molar-refractivity contribution < 1.29 is 8.83 Å². The first-order chi connectivity index (χ1) is 41.7. The van der Waals surface area contributed by atoms with Crippen molar-refractivity contribution in [2.45, 2.75) is 0 Å². The van der Waals surface area contributed by atoms with E-state index in [2.05, 4.69) is 299 Å². The van der Waals surface area contributed by atoms with Gasteiger partial charge in [0.15, 0.2) is 0 Å². The van der Waals surface area contributed by atoms with Crippen molar-refractivity contribution in [1.82, 2.24) is 9.13 Å². The van der Waals surface area contributed by atoms with Crippen molar-refractivity contribution in [2.75, 3.05) is 4.90 Å². The SMILES string of the molecule is c1ccc(N2c3cc(-n4c5ccccc5c5c(-c6cccc7oc8ccccc8c67)cccc54)ccc3[SiH-](c3ccccc3)(c3ccccc3)c3cc(-n4c5ccccc5c5c(-c6cccc7oc8ccccc8c67)cccc54)ccc32)cc1. The summed E-state index contributed by atoms with van der Waals surface area (Å²) in [6.45, 7) is 0. The molecular formula is C78H50N3O2Si-. The molecule has 18 rings (SSSR count). The van der Waals surface area contributed by atoms with Crippen molar-refractivity contribution in [2.24, 2.45) is 0 Å². The van der Waals surface area contributed by atoms with Crippen LogP contribution in [0.2, 0.25) is 0 Å². The Morgan fingerprint density at radius 2 is 0.655 bits per heavy atom. The summed E-state index contributed by atoms with van der Waals surface area (Å²) in [6.07, 6.45) is 0. The number of rotatable bonds is 7. The number of fused-ring (bicyclic) bond motifs is 14. The van der Waals surface area contributed by atoms with E-state index in [4.69, 9.17) is 8.83 Å². The van der Waals surface area contributed by atoms with E-state index >= 15 is 0 Å². The fourth-order valence-corrected chi connectivity index (χ4v) is 20.9. The fraction of sp³-hybridized carbons (Fsp3) is 0. The third-order valence-electron chi connectivity index (χ3n) is 18.4. The number of para-hydroxylation sites is 5. The standard InChI is InChI=1S/C78H50N3O2Si/c1-4-22-50(23-5-1)79-65-46-44-52(81-64-37-15-11-29-60(64)76-56(33-19-39-67(76)81)58-35-21-43-72-78(58)62-31-13-17-41-70(62)83-72)49-74(65)84(53-24-6-2-7-25-53,54-26-8-3-9-27-54)73-47-45-51(48-68(73)79)80-63-36-14-10-28-59(63)75-55(32-18-38-66(75)80)57-34-20-42-71-77(57)61-30-12-16-40-69(61)82-71/h1-49,84H/q-1. The van der Waals surface area contributed by atoms with Gasteiger partial charge in [-0.25, -0.2) is 0 Å². The van der Waals surface area contributed by atoms with Crippen LogP contribution in [0.4, 0.5) is 17.1 Å². The maximum absolute atomic E-state index is 6.49. The molecular weight excluding hydrogens is 1040 g/mol. The van der Waals surface area contributed by atoms with E-state index in [0.29, 0.717) is 0 Å². The van der Waals surface area contributed by atoms with Crippen LogP contribution in [0.25, 0.3) is 121 Å². The predicted octanol–water partition coefficient (Wildman–Crippen LogP) is 17.9. The van der Waals surface area contributed by atoms with Gasteiger partial charge in [-0.15, -0.1) is 0 Å². The van der Waals surface area contributed by atoms with Gasteiger partial charge in [0.25, 0.3) is 0 Å². The second-order valence-corrected chi connectivity index (χ2v) is 26.8. The van der Waals surface area contributed by atoms with Gasteiger partial charge in [-0.3, -0.25) is 0 Å². The van der Waals surface area contributed by atoms with Gasteiger partial charge in [-0.1, -0.05) is 18.2 Å². The summed E-state index contributed by atoms with van der Waals surface area (Å²) in [6, 6.07) is 110. The molecule has 0 N–H and O–H groups in total. The van der Waals surface area contributed by atoms with E-state index in [0.717, 1.165) is 94.1 Å². The van der Waals surface area contributed by atoms with Crippen LogP contribution < -0.4 is 25.6 Å². The average molecular weight is 1090 g/mol. The van der Waals surface area contributed by atoms with Crippen LogP contribution in [0.1, 0.15) is 0 Å². The molecule has 0 radical (unpaired) electrons. The second-order valence-electron chi connectivity index (χ2n) is 22.5. The quantitative estimate of drug-likeness (QED) is 0.149. The number of nitrogens with zero attached hydrogens (tertiary/aromatic N) is 3. The maximum atomic E-state index is 6.49. The minimum atomic E-state index is -3.73. The number of hydrogen-bond donors (Lipinski definition) is 0. The van der Waals surface area contributed by atoms with Crippen molar-refractivity contribution in [3.05, 3.63) is 297 Å². The Balaban J connectivity index is 0.905. The summed E-state index contributed by atoms with van der Waals surface area (Å²) < 4.78 is 18.0. The summed E-state index contributed by atoms with van der Waals surface area (Å²) in [4.78, 5) is 2.55. The summed E-state index contributed by atoms with van der Waals surface area (Å²) in [5, 5.41) is 14.7. The molecule has 0 bridgehead atoms. The Morgan fingerprint density at radius 3 is 1.19 bits per heavy atom. The zero-order valence-electron chi connectivity index (χ0n) is 45.5. The molecule has 0 fully saturated rings. The predicted molar refractivity (Wildman–Crippen MR) is 354 cm³/mol. The van der Waals surface area contributed by atoms with Crippen LogP contribution in [-0.4, -0.2) is 17.2 Å². The van der Waals surface area contributed by atoms with Gasteiger partial charge in [0.1, 0.15) is 0 Å². The number of hydrogen-bond acceptors (Lipinski definition) is 3. The van der Waals surface area contributed by atoms with Gasteiger partial charge in [0.05, 0.1) is 0 Å². The molecule has 5 nitrogen and oxygen atoms in total. The van der Waals surface area contributed by atoms with Gasteiger partial charge in [0.2, 0.25) is 0 Å². The molecule has 5 heterocycles. The van der Waals surface area contributed by atoms with Gasteiger partial charge >= 0.3 is 463 Å². The molecule has 0 spiro atoms. The van der Waals surface area contributed by atoms with E-state index in [1.807, 2.05) is 12.1 Å². The van der Waals surface area contributed by atoms with E-state index in [-0.39, 0.29) is 0 Å². The molecule has 1 aliphatic heterocycles. The van der Waals surface area contributed by atoms with Crippen LogP contribution in [0.5, 0.6) is 0 Å². The molecule has 84 heavy (non-hydrogen) atoms. The summed E-state index contributed by atoms with van der Waals surface area (Å²) in [5.74, 6) is 0. The van der Waals surface area contributed by atoms with Gasteiger partial charge in [-0.05, 0) is 6.07 Å². The molecule has 17 aromatic rings. The summed E-state index contributed by atoms with van der Waals surface area (Å²) in [7, 11) is -3.73. The van der Waals surface area contributed by atoms with E-state index in [1.54, 1.807) is 0 Å². The summed E-state index contributed by atoms with van der Waals surface area (Å²) >= 11 is 0. The van der Waals surface area contributed by atoms with E-state index in [9.17, 15) is 0 Å². The van der Waals surface area contributed by atoms with Crippen molar-refractivity contribution >= 4 is 133 Å². The number of aromatic nitrogens is 2. The Morgan fingerprint density at radius 1 is 0.250 bits per heavy atom. The van der Waals surface area contributed by atoms with Crippen LogP contribution in [0.3, 0.4) is 0 Å². The topological polar surface area (TPSA) is 39.4 Å². The first kappa shape index (κ1) is 46.8. The van der Waals surface area contributed by atoms with Gasteiger partial charge in [-0.2, -0.15) is 0 Å². The van der Waals surface area contributed by atoms with Crippen LogP contribution in [-0.2, 0) is 0 Å². The first-order valence-electron chi connectivity index (χ1n) is 29.0. The molecule has 13 aromatic carbocycles. The van der Waals surface area contributed by atoms with E-state index in [1.165, 1.54) is 64.8 Å². The molecule has 6 heteroatoms. The number of anilines is 3. The van der Waals surface area contributed by atoms with E-state index < -0.39 is 8.07 Å². The zero-order chi connectivity index (χ0) is 55.0. The number of benzene rings is 13. The Labute approximate surface area is 484 Å².